The molecule has 1 amide bonds. The van der Waals surface area contributed by atoms with Crippen molar-refractivity contribution in [3.8, 4) is 5.75 Å². The minimum atomic E-state index is -0.503. The summed E-state index contributed by atoms with van der Waals surface area (Å²) in [6.07, 6.45) is 0.399. The van der Waals surface area contributed by atoms with E-state index in [1.807, 2.05) is 61.2 Å². The van der Waals surface area contributed by atoms with E-state index in [2.05, 4.69) is 13.0 Å². The fourth-order valence-electron chi connectivity index (χ4n) is 2.97. The van der Waals surface area contributed by atoms with Crippen LogP contribution in [0.4, 0.5) is 5.69 Å². The van der Waals surface area contributed by atoms with Crippen molar-refractivity contribution in [1.82, 2.24) is 0 Å². The Bertz CT molecular complexity index is 678. The molecule has 1 aliphatic heterocycles. The molecule has 0 N–H and O–H groups in total. The molecule has 0 fully saturated rings. The zero-order valence-corrected chi connectivity index (χ0v) is 13.2. The van der Waals surface area contributed by atoms with Crippen molar-refractivity contribution in [3.05, 3.63) is 59.7 Å². The number of ether oxygens (including phenoxy) is 1. The third-order valence-corrected chi connectivity index (χ3v) is 4.13. The number of benzene rings is 2. The van der Waals surface area contributed by atoms with E-state index < -0.39 is 6.10 Å². The first-order chi connectivity index (χ1) is 10.6. The standard InChI is InChI=1S/C19H21NO2/c1-13-8-10-17(11-9-13)22-15(3)19(21)20-14(2)12-16-6-4-5-7-18(16)20/h4-11,14-15H,12H2,1-3H3/t14-,15-/m0/s1. The number of hydrogen-bond donors (Lipinski definition) is 0. The second-order valence-electron chi connectivity index (χ2n) is 5.96. The van der Waals surface area contributed by atoms with Crippen LogP contribution in [0.1, 0.15) is 25.0 Å². The smallest absolute Gasteiger partial charge is 0.268 e. The summed E-state index contributed by atoms with van der Waals surface area (Å²) in [5.74, 6) is 0.740. The molecule has 2 aromatic rings. The molecule has 0 bridgehead atoms. The Morgan fingerprint density at radius 1 is 1.18 bits per heavy atom. The van der Waals surface area contributed by atoms with Crippen molar-refractivity contribution in [1.29, 1.82) is 0 Å². The quantitative estimate of drug-likeness (QED) is 0.863. The van der Waals surface area contributed by atoms with Crippen molar-refractivity contribution in [2.75, 3.05) is 4.90 Å². The zero-order valence-electron chi connectivity index (χ0n) is 13.2. The average molecular weight is 295 g/mol. The molecular formula is C19H21NO2. The molecule has 0 aromatic heterocycles. The lowest BCUT2D eigenvalue weighted by molar-refractivity contribution is -0.124. The Morgan fingerprint density at radius 3 is 2.59 bits per heavy atom. The van der Waals surface area contributed by atoms with Crippen LogP contribution in [0.2, 0.25) is 0 Å². The van der Waals surface area contributed by atoms with Crippen LogP contribution in [-0.4, -0.2) is 18.1 Å². The highest BCUT2D eigenvalue weighted by Gasteiger charge is 2.33. The predicted molar refractivity (Wildman–Crippen MR) is 88.4 cm³/mol. The molecule has 3 heteroatoms. The molecular weight excluding hydrogens is 274 g/mol. The first-order valence-corrected chi connectivity index (χ1v) is 7.70. The molecule has 0 aliphatic carbocycles. The number of hydrogen-bond acceptors (Lipinski definition) is 2. The summed E-state index contributed by atoms with van der Waals surface area (Å²) in [5, 5.41) is 0. The number of carbonyl (C=O) groups is 1. The van der Waals surface area contributed by atoms with Gasteiger partial charge >= 0.3 is 0 Å². The number of para-hydroxylation sites is 1. The van der Waals surface area contributed by atoms with Gasteiger partial charge in [0.05, 0.1) is 0 Å². The molecule has 2 aromatic carbocycles. The van der Waals surface area contributed by atoms with Crippen LogP contribution in [0, 0.1) is 6.92 Å². The summed E-state index contributed by atoms with van der Waals surface area (Å²) >= 11 is 0. The van der Waals surface area contributed by atoms with E-state index in [1.165, 1.54) is 11.1 Å². The Morgan fingerprint density at radius 2 is 1.86 bits per heavy atom. The first-order valence-electron chi connectivity index (χ1n) is 7.70. The van der Waals surface area contributed by atoms with Gasteiger partial charge in [0.2, 0.25) is 0 Å². The van der Waals surface area contributed by atoms with Crippen molar-refractivity contribution in [2.24, 2.45) is 0 Å². The lowest BCUT2D eigenvalue weighted by atomic mass is 10.1. The average Bonchev–Trinajstić information content (AvgIpc) is 2.84. The fourth-order valence-corrected chi connectivity index (χ4v) is 2.97. The van der Waals surface area contributed by atoms with Crippen molar-refractivity contribution < 1.29 is 9.53 Å². The van der Waals surface area contributed by atoms with Gasteiger partial charge in [-0.25, -0.2) is 0 Å². The van der Waals surface area contributed by atoms with Gasteiger partial charge in [0, 0.05) is 11.7 Å². The Kier molecular flexibility index (Phi) is 3.88. The van der Waals surface area contributed by atoms with Gasteiger partial charge in [-0.2, -0.15) is 0 Å². The molecule has 22 heavy (non-hydrogen) atoms. The SMILES string of the molecule is Cc1ccc(O[C@@H](C)C(=O)N2c3ccccc3C[C@@H]2C)cc1. The van der Waals surface area contributed by atoms with E-state index in [0.717, 1.165) is 17.9 Å². The normalized spacial score (nSPS) is 18.0. The maximum Gasteiger partial charge on any atom is 0.268 e. The molecule has 0 saturated heterocycles. The molecule has 2 atom stereocenters. The van der Waals surface area contributed by atoms with Crippen molar-refractivity contribution in [2.45, 2.75) is 39.3 Å². The molecule has 1 aliphatic rings. The highest BCUT2D eigenvalue weighted by molar-refractivity contribution is 5.99. The van der Waals surface area contributed by atoms with Crippen molar-refractivity contribution in [3.63, 3.8) is 0 Å². The number of anilines is 1. The lowest BCUT2D eigenvalue weighted by Gasteiger charge is -2.26. The minimum Gasteiger partial charge on any atom is -0.481 e. The number of nitrogens with zero attached hydrogens (tertiary/aromatic N) is 1. The topological polar surface area (TPSA) is 29.5 Å². The highest BCUT2D eigenvalue weighted by atomic mass is 16.5. The third kappa shape index (κ3) is 2.71. The van der Waals surface area contributed by atoms with E-state index in [1.54, 1.807) is 0 Å². The molecule has 0 unspecified atom stereocenters. The van der Waals surface area contributed by atoms with Gasteiger partial charge in [-0.1, -0.05) is 35.9 Å². The molecule has 0 radical (unpaired) electrons. The zero-order chi connectivity index (χ0) is 15.7. The number of carbonyl (C=O) groups excluding carboxylic acids is 1. The number of amides is 1. The van der Waals surface area contributed by atoms with E-state index in [-0.39, 0.29) is 11.9 Å². The van der Waals surface area contributed by atoms with Crippen LogP contribution < -0.4 is 9.64 Å². The second-order valence-corrected chi connectivity index (χ2v) is 5.96. The lowest BCUT2D eigenvalue weighted by Crippen LogP contribution is -2.43. The molecule has 114 valence electrons. The van der Waals surface area contributed by atoms with Gasteiger partial charge in [-0.15, -0.1) is 0 Å². The molecule has 0 spiro atoms. The van der Waals surface area contributed by atoms with Gasteiger partial charge in [-0.05, 0) is 51.0 Å². The van der Waals surface area contributed by atoms with Gasteiger partial charge in [0.15, 0.2) is 6.10 Å². The largest absolute Gasteiger partial charge is 0.481 e. The summed E-state index contributed by atoms with van der Waals surface area (Å²) in [5.41, 5.74) is 3.42. The minimum absolute atomic E-state index is 0.0121. The van der Waals surface area contributed by atoms with Gasteiger partial charge in [0.25, 0.3) is 5.91 Å². The predicted octanol–water partition coefficient (Wildman–Crippen LogP) is 3.74. The fraction of sp³-hybridized carbons (Fsp3) is 0.316. The summed E-state index contributed by atoms with van der Waals surface area (Å²) < 4.78 is 5.82. The molecule has 0 saturated carbocycles. The maximum absolute atomic E-state index is 12.8. The molecule has 1 heterocycles. The van der Waals surface area contributed by atoms with E-state index in [9.17, 15) is 4.79 Å². The van der Waals surface area contributed by atoms with Crippen LogP contribution >= 0.6 is 0 Å². The molecule has 3 nitrogen and oxygen atoms in total. The highest BCUT2D eigenvalue weighted by Crippen LogP contribution is 2.32. The van der Waals surface area contributed by atoms with Crippen LogP contribution in [0.15, 0.2) is 48.5 Å². The Hall–Kier alpha value is -2.29. The van der Waals surface area contributed by atoms with Crippen LogP contribution in [0.25, 0.3) is 0 Å². The summed E-state index contributed by atoms with van der Waals surface area (Å²) in [6, 6.07) is 16.0. The second kappa shape index (κ2) is 5.84. The Labute approximate surface area is 131 Å². The third-order valence-electron chi connectivity index (χ3n) is 4.13. The van der Waals surface area contributed by atoms with E-state index in [0.29, 0.717) is 0 Å². The number of fused-ring (bicyclic) bond motifs is 1. The number of aryl methyl sites for hydroxylation is 1. The Balaban J connectivity index is 1.77. The molecule has 3 rings (SSSR count). The maximum atomic E-state index is 12.8. The van der Waals surface area contributed by atoms with E-state index in [4.69, 9.17) is 4.74 Å². The van der Waals surface area contributed by atoms with Crippen LogP contribution in [0.3, 0.4) is 0 Å². The van der Waals surface area contributed by atoms with Crippen molar-refractivity contribution >= 4 is 11.6 Å². The van der Waals surface area contributed by atoms with Gasteiger partial charge in [-0.3, -0.25) is 4.79 Å². The first kappa shape index (κ1) is 14.6. The summed E-state index contributed by atoms with van der Waals surface area (Å²) in [4.78, 5) is 14.7. The van der Waals surface area contributed by atoms with Gasteiger partial charge < -0.3 is 9.64 Å². The number of rotatable bonds is 3. The van der Waals surface area contributed by atoms with Crippen LogP contribution in [-0.2, 0) is 11.2 Å². The van der Waals surface area contributed by atoms with Crippen LogP contribution in [0.5, 0.6) is 5.75 Å². The summed E-state index contributed by atoms with van der Waals surface area (Å²) in [7, 11) is 0. The summed E-state index contributed by atoms with van der Waals surface area (Å²) in [6.45, 7) is 5.92. The van der Waals surface area contributed by atoms with E-state index >= 15 is 0 Å². The monoisotopic (exact) mass is 295 g/mol. The van der Waals surface area contributed by atoms with Gasteiger partial charge in [0.1, 0.15) is 5.75 Å².